The Kier molecular flexibility index (Phi) is 7.11. The van der Waals surface area contributed by atoms with Gasteiger partial charge in [-0.3, -0.25) is 24.4 Å². The van der Waals surface area contributed by atoms with Crippen molar-refractivity contribution in [2.75, 3.05) is 15.8 Å². The minimum absolute atomic E-state index is 0.0623. The predicted octanol–water partition coefficient (Wildman–Crippen LogP) is 2.42. The van der Waals surface area contributed by atoms with Crippen LogP contribution in [0.5, 0.6) is 0 Å². The molecule has 0 heterocycles. The zero-order chi connectivity index (χ0) is 22.5. The minimum atomic E-state index is -3.42. The first-order valence-electron chi connectivity index (χ1n) is 8.99. The minimum Gasteiger partial charge on any atom is -0.341 e. The number of carbonyl (C=O) groups is 2. The monoisotopic (exact) mass is 434 g/mol. The van der Waals surface area contributed by atoms with Gasteiger partial charge in [-0.25, -0.2) is 8.42 Å². The number of nitro groups is 1. The first-order valence-corrected chi connectivity index (χ1v) is 10.6. The Morgan fingerprint density at radius 3 is 2.47 bits per heavy atom. The number of amides is 2. The van der Waals surface area contributed by atoms with Gasteiger partial charge in [-0.1, -0.05) is 6.07 Å². The number of rotatable bonds is 8. The Labute approximate surface area is 173 Å². The normalized spacial score (nSPS) is 12.0. The summed E-state index contributed by atoms with van der Waals surface area (Å²) in [6, 6.07) is 8.92. The average Bonchev–Trinajstić information content (AvgIpc) is 2.70. The molecule has 2 aromatic rings. The van der Waals surface area contributed by atoms with Gasteiger partial charge in [-0.2, -0.15) is 0 Å². The number of anilines is 2. The van der Waals surface area contributed by atoms with E-state index in [1.165, 1.54) is 44.2 Å². The van der Waals surface area contributed by atoms with Crippen LogP contribution in [-0.4, -0.2) is 37.0 Å². The van der Waals surface area contributed by atoms with Crippen LogP contribution in [-0.2, 0) is 14.8 Å². The van der Waals surface area contributed by atoms with Crippen LogP contribution < -0.4 is 15.4 Å². The standard InChI is InChI=1S/C19H22N4O6S/c1-4-30(28,29)22-17-9-8-15(10-12(17)2)21-18(24)13(3)20-19(25)14-6-5-7-16(11-14)23(26)27/h5-11,13,22H,4H2,1-3H3,(H,20,25)(H,21,24). The first kappa shape index (κ1) is 22.8. The molecule has 1 unspecified atom stereocenters. The van der Waals surface area contributed by atoms with E-state index < -0.39 is 32.8 Å². The highest BCUT2D eigenvalue weighted by atomic mass is 32.2. The highest BCUT2D eigenvalue weighted by Crippen LogP contribution is 2.21. The molecular formula is C19H22N4O6S. The number of hydrogen-bond acceptors (Lipinski definition) is 6. The Bertz CT molecular complexity index is 1080. The molecule has 0 bridgehead atoms. The topological polar surface area (TPSA) is 148 Å². The second kappa shape index (κ2) is 9.35. The summed E-state index contributed by atoms with van der Waals surface area (Å²) in [5, 5.41) is 15.9. The largest absolute Gasteiger partial charge is 0.341 e. The highest BCUT2D eigenvalue weighted by Gasteiger charge is 2.19. The van der Waals surface area contributed by atoms with Crippen molar-refractivity contribution in [1.82, 2.24) is 5.32 Å². The zero-order valence-electron chi connectivity index (χ0n) is 16.6. The van der Waals surface area contributed by atoms with Crippen LogP contribution >= 0.6 is 0 Å². The van der Waals surface area contributed by atoms with Crippen LogP contribution in [0, 0.1) is 17.0 Å². The van der Waals surface area contributed by atoms with E-state index >= 15 is 0 Å². The fourth-order valence-corrected chi connectivity index (χ4v) is 3.16. The maximum Gasteiger partial charge on any atom is 0.270 e. The summed E-state index contributed by atoms with van der Waals surface area (Å²) in [5.41, 5.74) is 1.27. The van der Waals surface area contributed by atoms with E-state index in [-0.39, 0.29) is 17.0 Å². The van der Waals surface area contributed by atoms with Crippen molar-refractivity contribution >= 4 is 38.9 Å². The molecule has 0 aliphatic carbocycles. The quantitative estimate of drug-likeness (QED) is 0.429. The maximum absolute atomic E-state index is 12.4. The van der Waals surface area contributed by atoms with Crippen molar-refractivity contribution in [3.8, 4) is 0 Å². The second-order valence-corrected chi connectivity index (χ2v) is 8.54. The summed E-state index contributed by atoms with van der Waals surface area (Å²) < 4.78 is 25.8. The molecule has 10 nitrogen and oxygen atoms in total. The van der Waals surface area contributed by atoms with E-state index in [1.807, 2.05) is 0 Å². The van der Waals surface area contributed by atoms with E-state index in [0.29, 0.717) is 16.9 Å². The number of carbonyl (C=O) groups excluding carboxylic acids is 2. The summed E-state index contributed by atoms with van der Waals surface area (Å²) in [7, 11) is -3.42. The summed E-state index contributed by atoms with van der Waals surface area (Å²) >= 11 is 0. The Morgan fingerprint density at radius 1 is 1.17 bits per heavy atom. The molecule has 1 atom stereocenters. The number of aryl methyl sites for hydroxylation is 1. The predicted molar refractivity (Wildman–Crippen MR) is 113 cm³/mol. The number of nitrogens with one attached hydrogen (secondary N) is 3. The lowest BCUT2D eigenvalue weighted by Gasteiger charge is -2.15. The summed E-state index contributed by atoms with van der Waals surface area (Å²) in [6.07, 6.45) is 0. The molecule has 3 N–H and O–H groups in total. The Hall–Kier alpha value is -3.47. The second-order valence-electron chi connectivity index (χ2n) is 6.53. The fourth-order valence-electron chi connectivity index (χ4n) is 2.45. The maximum atomic E-state index is 12.4. The molecule has 11 heteroatoms. The molecule has 30 heavy (non-hydrogen) atoms. The number of hydrogen-bond donors (Lipinski definition) is 3. The van der Waals surface area contributed by atoms with Crippen molar-refractivity contribution in [2.45, 2.75) is 26.8 Å². The van der Waals surface area contributed by atoms with Crippen molar-refractivity contribution < 1.29 is 22.9 Å². The van der Waals surface area contributed by atoms with Gasteiger partial charge in [-0.05, 0) is 50.6 Å². The van der Waals surface area contributed by atoms with Crippen LogP contribution in [0.15, 0.2) is 42.5 Å². The number of benzene rings is 2. The molecule has 160 valence electrons. The zero-order valence-corrected chi connectivity index (χ0v) is 17.4. The van der Waals surface area contributed by atoms with Crippen LogP contribution in [0.25, 0.3) is 0 Å². The molecule has 0 radical (unpaired) electrons. The third-order valence-corrected chi connectivity index (χ3v) is 5.49. The summed E-state index contributed by atoms with van der Waals surface area (Å²) in [4.78, 5) is 34.9. The average molecular weight is 434 g/mol. The van der Waals surface area contributed by atoms with E-state index in [9.17, 15) is 28.1 Å². The van der Waals surface area contributed by atoms with Crippen molar-refractivity contribution in [3.63, 3.8) is 0 Å². The molecule has 2 aromatic carbocycles. The van der Waals surface area contributed by atoms with Crippen LogP contribution in [0.4, 0.5) is 17.1 Å². The van der Waals surface area contributed by atoms with Gasteiger partial charge >= 0.3 is 0 Å². The van der Waals surface area contributed by atoms with Crippen LogP contribution in [0.3, 0.4) is 0 Å². The van der Waals surface area contributed by atoms with Crippen molar-refractivity contribution in [3.05, 3.63) is 63.7 Å². The van der Waals surface area contributed by atoms with Gasteiger partial charge < -0.3 is 10.6 Å². The van der Waals surface area contributed by atoms with Gasteiger partial charge in [0.15, 0.2) is 0 Å². The van der Waals surface area contributed by atoms with Gasteiger partial charge in [0.05, 0.1) is 16.4 Å². The molecule has 0 spiro atoms. The smallest absolute Gasteiger partial charge is 0.270 e. The SMILES string of the molecule is CCS(=O)(=O)Nc1ccc(NC(=O)C(C)NC(=O)c2cccc([N+](=O)[O-])c2)cc1C. The van der Waals surface area contributed by atoms with Gasteiger partial charge in [-0.15, -0.1) is 0 Å². The van der Waals surface area contributed by atoms with Crippen LogP contribution in [0.1, 0.15) is 29.8 Å². The Morgan fingerprint density at radius 2 is 1.87 bits per heavy atom. The van der Waals surface area contributed by atoms with E-state index in [0.717, 1.165) is 6.07 Å². The molecule has 2 amide bonds. The van der Waals surface area contributed by atoms with Crippen molar-refractivity contribution in [2.24, 2.45) is 0 Å². The summed E-state index contributed by atoms with van der Waals surface area (Å²) in [6.45, 7) is 4.69. The van der Waals surface area contributed by atoms with E-state index in [1.54, 1.807) is 13.0 Å². The molecule has 0 saturated carbocycles. The van der Waals surface area contributed by atoms with Gasteiger partial charge in [0.1, 0.15) is 6.04 Å². The highest BCUT2D eigenvalue weighted by molar-refractivity contribution is 7.92. The fraction of sp³-hybridized carbons (Fsp3) is 0.263. The molecule has 0 saturated heterocycles. The van der Waals surface area contributed by atoms with E-state index in [2.05, 4.69) is 15.4 Å². The summed E-state index contributed by atoms with van der Waals surface area (Å²) in [5.74, 6) is -1.19. The lowest BCUT2D eigenvalue weighted by atomic mass is 10.1. The van der Waals surface area contributed by atoms with Crippen molar-refractivity contribution in [1.29, 1.82) is 0 Å². The van der Waals surface area contributed by atoms with Gasteiger partial charge in [0.25, 0.3) is 11.6 Å². The van der Waals surface area contributed by atoms with Crippen LogP contribution in [0.2, 0.25) is 0 Å². The van der Waals surface area contributed by atoms with Gasteiger partial charge in [0.2, 0.25) is 15.9 Å². The molecule has 0 fully saturated rings. The van der Waals surface area contributed by atoms with Gasteiger partial charge in [0, 0.05) is 23.4 Å². The lowest BCUT2D eigenvalue weighted by molar-refractivity contribution is -0.384. The molecule has 0 aliphatic rings. The first-order chi connectivity index (χ1) is 14.0. The molecule has 2 rings (SSSR count). The molecule has 0 aromatic heterocycles. The number of non-ortho nitro benzene ring substituents is 1. The number of nitro benzene ring substituents is 1. The molecular weight excluding hydrogens is 412 g/mol. The molecule has 0 aliphatic heterocycles. The third-order valence-electron chi connectivity index (χ3n) is 4.20. The van der Waals surface area contributed by atoms with E-state index in [4.69, 9.17) is 0 Å². The number of sulfonamides is 1. The Balaban J connectivity index is 2.03. The number of nitrogens with zero attached hydrogens (tertiary/aromatic N) is 1. The lowest BCUT2D eigenvalue weighted by Crippen LogP contribution is -2.41. The third kappa shape index (κ3) is 6.01.